The van der Waals surface area contributed by atoms with E-state index in [4.69, 9.17) is 8.54 Å². The molecule has 1 unspecified atom stereocenters. The molecular weight excluding hydrogens is 513 g/mol. The van der Waals surface area contributed by atoms with Crippen LogP contribution in [0.3, 0.4) is 0 Å². The first kappa shape index (κ1) is 29.0. The van der Waals surface area contributed by atoms with E-state index in [1.807, 2.05) is 0 Å². The Hall–Kier alpha value is -1.02. The zero-order valence-corrected chi connectivity index (χ0v) is 22.1. The minimum absolute atomic E-state index is 0.0125. The molecule has 0 aromatic heterocycles. The number of carbonyl (C=O) groups is 2. The maximum absolute atomic E-state index is 13.1. The third kappa shape index (κ3) is 6.31. The molecule has 0 bridgehead atoms. The van der Waals surface area contributed by atoms with Gasteiger partial charge in [0.25, 0.3) is 21.7 Å². The van der Waals surface area contributed by atoms with Gasteiger partial charge in [0.1, 0.15) is 0 Å². The van der Waals surface area contributed by atoms with E-state index in [0.717, 1.165) is 0 Å². The summed E-state index contributed by atoms with van der Waals surface area (Å²) in [5, 5.41) is -3.19. The van der Waals surface area contributed by atoms with E-state index < -0.39 is 73.3 Å². The Morgan fingerprint density at radius 3 is 1.97 bits per heavy atom. The largest absolute Gasteiger partial charge is 0.498 e. The number of hydrogen-bond acceptors (Lipinski definition) is 8. The normalized spacial score (nSPS) is 20.3. The van der Waals surface area contributed by atoms with Crippen molar-refractivity contribution in [2.75, 3.05) is 20.2 Å². The number of alkyl halides is 3. The van der Waals surface area contributed by atoms with Crippen LogP contribution in [-0.4, -0.2) is 85.8 Å². The van der Waals surface area contributed by atoms with Gasteiger partial charge in [0, 0.05) is 20.2 Å². The molecule has 0 aromatic carbocycles. The lowest BCUT2D eigenvalue weighted by Crippen LogP contribution is -2.65. The predicted molar refractivity (Wildman–Crippen MR) is 113 cm³/mol. The monoisotopic (exact) mass is 541 g/mol. The minimum Gasteiger partial charge on any atom is -0.436 e. The van der Waals surface area contributed by atoms with Crippen molar-refractivity contribution < 1.29 is 48.1 Å². The molecule has 1 saturated heterocycles. The van der Waals surface area contributed by atoms with Crippen LogP contribution >= 0.6 is 0 Å². The molecule has 10 nitrogen and oxygen atoms in total. The summed E-state index contributed by atoms with van der Waals surface area (Å²) in [4.78, 5) is 25.1. The fourth-order valence-corrected chi connectivity index (χ4v) is 10.4. The average molecular weight is 542 g/mol. The van der Waals surface area contributed by atoms with E-state index in [0.29, 0.717) is 12.5 Å². The lowest BCUT2D eigenvalue weighted by molar-refractivity contribution is -0.138. The van der Waals surface area contributed by atoms with Gasteiger partial charge in [0.05, 0.1) is 0 Å². The van der Waals surface area contributed by atoms with E-state index >= 15 is 0 Å². The smallest absolute Gasteiger partial charge is 0.436 e. The number of unbranched alkanes of at least 4 members (excludes halogenated alkanes) is 1. The highest BCUT2D eigenvalue weighted by Crippen LogP contribution is 2.33. The van der Waals surface area contributed by atoms with Crippen LogP contribution in [0.2, 0.25) is 25.7 Å². The zero-order chi connectivity index (χ0) is 25.1. The van der Waals surface area contributed by atoms with Gasteiger partial charge in [-0.15, -0.1) is 0 Å². The lowest BCUT2D eigenvalue weighted by Gasteiger charge is -2.38. The molecule has 2 amide bonds. The predicted octanol–water partition coefficient (Wildman–Crippen LogP) is 1.38. The van der Waals surface area contributed by atoms with Crippen LogP contribution in [0.25, 0.3) is 0 Å². The molecule has 1 aliphatic heterocycles. The van der Waals surface area contributed by atoms with Gasteiger partial charge in [-0.1, -0.05) is 13.3 Å². The molecular formula is C15H28F3N2O8S2Si2. The Morgan fingerprint density at radius 2 is 1.56 bits per heavy atom. The van der Waals surface area contributed by atoms with Gasteiger partial charge in [-0.05, 0) is 38.5 Å². The van der Waals surface area contributed by atoms with Crippen LogP contribution in [0, 0.1) is 0 Å². The molecule has 0 aromatic rings. The van der Waals surface area contributed by atoms with Gasteiger partial charge in [0.2, 0.25) is 5.25 Å². The highest BCUT2D eigenvalue weighted by molar-refractivity contribution is 7.95. The maximum Gasteiger partial charge on any atom is 0.498 e. The van der Waals surface area contributed by atoms with Crippen LogP contribution in [0.15, 0.2) is 0 Å². The maximum atomic E-state index is 13.1. The molecule has 1 aliphatic rings. The first-order chi connectivity index (χ1) is 14.4. The zero-order valence-electron chi connectivity index (χ0n) is 18.4. The molecule has 0 spiro atoms. The molecule has 1 radical (unpaired) electrons. The molecule has 1 fully saturated rings. The summed E-state index contributed by atoms with van der Waals surface area (Å²) in [7, 11) is -13.5. The molecule has 187 valence electrons. The van der Waals surface area contributed by atoms with Gasteiger partial charge in [-0.25, -0.2) is 17.0 Å². The topological polar surface area (TPSA) is 127 Å². The summed E-state index contributed by atoms with van der Waals surface area (Å²) in [5.41, 5.74) is -5.91. The summed E-state index contributed by atoms with van der Waals surface area (Å²) in [6.45, 7) is 5.89. The van der Waals surface area contributed by atoms with Crippen molar-refractivity contribution in [1.29, 1.82) is 0 Å². The molecule has 0 N–H and O–H groups in total. The van der Waals surface area contributed by atoms with Gasteiger partial charge in [-0.2, -0.15) is 21.6 Å². The summed E-state index contributed by atoms with van der Waals surface area (Å²) in [6.07, 6.45) is 0.471. The Bertz CT molecular complexity index is 912. The number of nitrogens with zero attached hydrogens (tertiary/aromatic N) is 2. The Morgan fingerprint density at radius 1 is 1.09 bits per heavy atom. The minimum atomic E-state index is -6.28. The second kappa shape index (κ2) is 10.5. The van der Waals surface area contributed by atoms with Gasteiger partial charge < -0.3 is 8.54 Å². The third-order valence-corrected chi connectivity index (χ3v) is 13.6. The van der Waals surface area contributed by atoms with Crippen LogP contribution in [-0.2, 0) is 38.2 Å². The quantitative estimate of drug-likeness (QED) is 0.284. The van der Waals surface area contributed by atoms with Crippen LogP contribution in [0.5, 0.6) is 0 Å². The number of rotatable bonds is 11. The number of carbonyl (C=O) groups excluding carboxylic acids is 2. The van der Waals surface area contributed by atoms with Crippen molar-refractivity contribution in [3.63, 3.8) is 0 Å². The van der Waals surface area contributed by atoms with E-state index in [-0.39, 0.29) is 21.5 Å². The summed E-state index contributed by atoms with van der Waals surface area (Å²) in [6, 6.07) is 0.309. The Balaban J connectivity index is 3.22. The average Bonchev–Trinajstić information content (AvgIpc) is 2.62. The van der Waals surface area contributed by atoms with Crippen molar-refractivity contribution in [3.8, 4) is 0 Å². The Labute approximate surface area is 189 Å². The van der Waals surface area contributed by atoms with Crippen molar-refractivity contribution in [1.82, 2.24) is 8.61 Å². The Kier molecular flexibility index (Phi) is 9.52. The molecule has 0 aliphatic carbocycles. The van der Waals surface area contributed by atoms with Gasteiger partial charge >= 0.3 is 24.3 Å². The third-order valence-electron chi connectivity index (χ3n) is 4.65. The molecule has 1 rings (SSSR count). The number of hydrogen-bond donors (Lipinski definition) is 0. The number of sulfone groups is 1. The van der Waals surface area contributed by atoms with E-state index in [9.17, 15) is 39.6 Å². The summed E-state index contributed by atoms with van der Waals surface area (Å²) < 4.78 is 100. The molecule has 1 atom stereocenters. The highest BCUT2D eigenvalue weighted by atomic mass is 32.2. The van der Waals surface area contributed by atoms with E-state index in [1.54, 1.807) is 26.6 Å². The SMILES string of the molecule is CCCCN1C(=O)C(S(=O)(=O)C(F)(F)F)C(=O)N(CCC[Si](C)O[Si](C)(C)OC)S1(=O)=O. The number of halogens is 3. The number of amides is 2. The van der Waals surface area contributed by atoms with E-state index in [1.165, 1.54) is 7.11 Å². The standard InChI is InChI=1S/C15H28F3N2O8S2Si2/c1-6-7-9-19-13(21)12(29(23,24)15(16,17)18)14(22)20(30(19,25)26)10-8-11-31(3)28-32(4,5)27-2/h12H,6-11H2,1-5H3. The summed E-state index contributed by atoms with van der Waals surface area (Å²) in [5.74, 6) is -3.83. The highest BCUT2D eigenvalue weighted by Gasteiger charge is 2.63. The fourth-order valence-electron chi connectivity index (χ4n) is 2.85. The van der Waals surface area contributed by atoms with Crippen molar-refractivity contribution in [2.24, 2.45) is 0 Å². The van der Waals surface area contributed by atoms with Gasteiger partial charge in [0.15, 0.2) is 9.04 Å². The molecule has 32 heavy (non-hydrogen) atoms. The molecule has 17 heteroatoms. The van der Waals surface area contributed by atoms with Crippen molar-refractivity contribution >= 4 is 49.5 Å². The van der Waals surface area contributed by atoms with Crippen molar-refractivity contribution in [2.45, 2.75) is 62.6 Å². The van der Waals surface area contributed by atoms with Gasteiger partial charge in [-0.3, -0.25) is 9.59 Å². The first-order valence-corrected chi connectivity index (χ1v) is 17.6. The summed E-state index contributed by atoms with van der Waals surface area (Å²) >= 11 is 0. The second-order valence-corrected chi connectivity index (χ2v) is 17.3. The van der Waals surface area contributed by atoms with Crippen LogP contribution in [0.4, 0.5) is 13.2 Å². The molecule has 0 saturated carbocycles. The lowest BCUT2D eigenvalue weighted by atomic mass is 10.3. The van der Waals surface area contributed by atoms with Crippen LogP contribution < -0.4 is 0 Å². The van der Waals surface area contributed by atoms with Crippen LogP contribution in [0.1, 0.15) is 26.2 Å². The first-order valence-electron chi connectivity index (χ1n) is 9.69. The van der Waals surface area contributed by atoms with Crippen molar-refractivity contribution in [3.05, 3.63) is 0 Å². The fraction of sp³-hybridized carbons (Fsp3) is 0.867. The second-order valence-electron chi connectivity index (χ2n) is 7.56. The van der Waals surface area contributed by atoms with E-state index in [2.05, 4.69) is 0 Å². The molecule has 1 heterocycles.